The number of thioether (sulfide) groups is 1. The van der Waals surface area contributed by atoms with E-state index in [-0.39, 0.29) is 5.37 Å². The minimum absolute atomic E-state index is 0.194. The normalized spacial score (nSPS) is 22.5. The molecule has 25 heavy (non-hydrogen) atoms. The molecule has 130 valence electrons. The number of piperidine rings is 1. The second-order valence-corrected chi connectivity index (χ2v) is 7.94. The van der Waals surface area contributed by atoms with Crippen molar-refractivity contribution in [1.82, 2.24) is 9.80 Å². The van der Waals surface area contributed by atoms with Crippen molar-refractivity contribution < 1.29 is 4.79 Å². The SMILES string of the molecule is O=C1CSC(c2ccccc2)N1C1CCN(Cc2ccccc2)CC1. The molecule has 2 aromatic carbocycles. The number of carbonyl (C=O) groups is 1. The number of hydrogen-bond donors (Lipinski definition) is 0. The zero-order valence-electron chi connectivity index (χ0n) is 14.4. The van der Waals surface area contributed by atoms with Gasteiger partial charge in [-0.1, -0.05) is 60.7 Å². The van der Waals surface area contributed by atoms with Gasteiger partial charge in [0.05, 0.1) is 5.75 Å². The average Bonchev–Trinajstić information content (AvgIpc) is 3.05. The standard InChI is InChI=1S/C21H24N2OS/c24-20-16-25-21(18-9-5-2-6-10-18)23(20)19-11-13-22(14-12-19)15-17-7-3-1-4-8-17/h1-10,19,21H,11-16H2. The molecule has 2 aliphatic heterocycles. The Morgan fingerprint density at radius 3 is 2.24 bits per heavy atom. The molecule has 2 saturated heterocycles. The molecule has 4 rings (SSSR count). The van der Waals surface area contributed by atoms with Crippen molar-refractivity contribution in [1.29, 1.82) is 0 Å². The van der Waals surface area contributed by atoms with E-state index >= 15 is 0 Å². The maximum atomic E-state index is 12.5. The summed E-state index contributed by atoms with van der Waals surface area (Å²) in [6, 6.07) is 21.5. The fraction of sp³-hybridized carbons (Fsp3) is 0.381. The van der Waals surface area contributed by atoms with Gasteiger partial charge in [-0.05, 0) is 24.0 Å². The van der Waals surface area contributed by atoms with Crippen LogP contribution >= 0.6 is 11.8 Å². The molecule has 2 fully saturated rings. The van der Waals surface area contributed by atoms with E-state index in [0.29, 0.717) is 17.7 Å². The molecule has 3 nitrogen and oxygen atoms in total. The summed E-state index contributed by atoms with van der Waals surface area (Å²) < 4.78 is 0. The number of likely N-dealkylation sites (tertiary alicyclic amines) is 1. The Bertz CT molecular complexity index is 698. The summed E-state index contributed by atoms with van der Waals surface area (Å²) in [4.78, 5) is 17.2. The third-order valence-electron chi connectivity index (χ3n) is 5.19. The minimum atomic E-state index is 0.194. The summed E-state index contributed by atoms with van der Waals surface area (Å²) in [5, 5.41) is 0.194. The molecule has 0 N–H and O–H groups in total. The van der Waals surface area contributed by atoms with Crippen molar-refractivity contribution in [3.63, 3.8) is 0 Å². The maximum absolute atomic E-state index is 12.5. The first-order valence-electron chi connectivity index (χ1n) is 9.05. The Morgan fingerprint density at radius 1 is 0.920 bits per heavy atom. The van der Waals surface area contributed by atoms with Gasteiger partial charge in [-0.2, -0.15) is 0 Å². The maximum Gasteiger partial charge on any atom is 0.234 e. The monoisotopic (exact) mass is 352 g/mol. The van der Waals surface area contributed by atoms with Gasteiger partial charge in [0.15, 0.2) is 0 Å². The van der Waals surface area contributed by atoms with Gasteiger partial charge in [0.2, 0.25) is 5.91 Å². The number of hydrogen-bond acceptors (Lipinski definition) is 3. The highest BCUT2D eigenvalue weighted by atomic mass is 32.2. The van der Waals surface area contributed by atoms with Crippen LogP contribution < -0.4 is 0 Å². The summed E-state index contributed by atoms with van der Waals surface area (Å²) in [6.07, 6.45) is 2.14. The van der Waals surface area contributed by atoms with Crippen LogP contribution in [0.4, 0.5) is 0 Å². The van der Waals surface area contributed by atoms with Crippen LogP contribution in [0.5, 0.6) is 0 Å². The first kappa shape index (κ1) is 16.7. The average molecular weight is 353 g/mol. The molecule has 2 aromatic rings. The van der Waals surface area contributed by atoms with Crippen molar-refractivity contribution in [3.8, 4) is 0 Å². The van der Waals surface area contributed by atoms with E-state index in [4.69, 9.17) is 0 Å². The van der Waals surface area contributed by atoms with Crippen LogP contribution in [0.2, 0.25) is 0 Å². The fourth-order valence-corrected chi connectivity index (χ4v) is 5.15. The van der Waals surface area contributed by atoms with Gasteiger partial charge in [0.1, 0.15) is 5.37 Å². The lowest BCUT2D eigenvalue weighted by Gasteiger charge is -2.39. The molecule has 0 aliphatic carbocycles. The second kappa shape index (κ2) is 7.63. The molecule has 1 atom stereocenters. The second-order valence-electron chi connectivity index (χ2n) is 6.87. The lowest BCUT2D eigenvalue weighted by Crippen LogP contribution is -2.46. The molecule has 1 unspecified atom stereocenters. The Kier molecular flexibility index (Phi) is 5.09. The molecule has 2 heterocycles. The van der Waals surface area contributed by atoms with Crippen molar-refractivity contribution in [2.24, 2.45) is 0 Å². The summed E-state index contributed by atoms with van der Waals surface area (Å²) in [5.74, 6) is 0.921. The number of benzene rings is 2. The Morgan fingerprint density at radius 2 is 1.56 bits per heavy atom. The molecule has 2 aliphatic rings. The molecule has 0 aromatic heterocycles. The lowest BCUT2D eigenvalue weighted by molar-refractivity contribution is -0.131. The highest BCUT2D eigenvalue weighted by Gasteiger charge is 2.38. The number of amides is 1. The fourth-order valence-electron chi connectivity index (χ4n) is 3.90. The molecule has 4 heteroatoms. The first-order chi connectivity index (χ1) is 12.3. The van der Waals surface area contributed by atoms with E-state index in [1.165, 1.54) is 11.1 Å². The topological polar surface area (TPSA) is 23.6 Å². The van der Waals surface area contributed by atoms with Gasteiger partial charge in [-0.25, -0.2) is 0 Å². The van der Waals surface area contributed by atoms with Crippen molar-refractivity contribution >= 4 is 17.7 Å². The van der Waals surface area contributed by atoms with Crippen LogP contribution in [0.3, 0.4) is 0 Å². The Hall–Kier alpha value is -1.78. The third kappa shape index (κ3) is 3.75. The summed E-state index contributed by atoms with van der Waals surface area (Å²) in [5.41, 5.74) is 2.63. The van der Waals surface area contributed by atoms with E-state index in [2.05, 4.69) is 64.4 Å². The Balaban J connectivity index is 1.40. The van der Waals surface area contributed by atoms with E-state index in [9.17, 15) is 4.79 Å². The van der Waals surface area contributed by atoms with E-state index in [1.54, 1.807) is 11.8 Å². The van der Waals surface area contributed by atoms with E-state index in [0.717, 1.165) is 32.5 Å². The van der Waals surface area contributed by atoms with Crippen LogP contribution in [0.1, 0.15) is 29.3 Å². The molecule has 1 amide bonds. The third-order valence-corrected chi connectivity index (χ3v) is 6.42. The van der Waals surface area contributed by atoms with Gasteiger partial charge in [-0.15, -0.1) is 11.8 Å². The summed E-state index contributed by atoms with van der Waals surface area (Å²) in [6.45, 7) is 3.14. The molecule has 0 spiro atoms. The smallest absolute Gasteiger partial charge is 0.234 e. The van der Waals surface area contributed by atoms with Crippen molar-refractivity contribution in [2.75, 3.05) is 18.8 Å². The van der Waals surface area contributed by atoms with E-state index < -0.39 is 0 Å². The lowest BCUT2D eigenvalue weighted by atomic mass is 10.0. The van der Waals surface area contributed by atoms with Gasteiger partial charge < -0.3 is 4.90 Å². The zero-order valence-corrected chi connectivity index (χ0v) is 15.2. The predicted octanol–water partition coefficient (Wildman–Crippen LogP) is 3.93. The van der Waals surface area contributed by atoms with Crippen LogP contribution in [-0.2, 0) is 11.3 Å². The number of rotatable bonds is 4. The molecule has 0 saturated carbocycles. The highest BCUT2D eigenvalue weighted by molar-refractivity contribution is 8.00. The predicted molar refractivity (Wildman–Crippen MR) is 103 cm³/mol. The molecule has 0 radical (unpaired) electrons. The summed E-state index contributed by atoms with van der Waals surface area (Å²) in [7, 11) is 0. The number of nitrogens with zero attached hydrogens (tertiary/aromatic N) is 2. The van der Waals surface area contributed by atoms with Crippen LogP contribution in [-0.4, -0.2) is 40.6 Å². The Labute approximate surface area is 154 Å². The van der Waals surface area contributed by atoms with Gasteiger partial charge in [0.25, 0.3) is 0 Å². The largest absolute Gasteiger partial charge is 0.323 e. The number of carbonyl (C=O) groups excluding carboxylic acids is 1. The zero-order chi connectivity index (χ0) is 17.1. The highest BCUT2D eigenvalue weighted by Crippen LogP contribution is 2.41. The molecule has 0 bridgehead atoms. The molecular weight excluding hydrogens is 328 g/mol. The van der Waals surface area contributed by atoms with Crippen molar-refractivity contribution in [3.05, 3.63) is 71.8 Å². The molecular formula is C21H24N2OS. The van der Waals surface area contributed by atoms with Gasteiger partial charge in [-0.3, -0.25) is 9.69 Å². The van der Waals surface area contributed by atoms with E-state index in [1.807, 2.05) is 6.07 Å². The van der Waals surface area contributed by atoms with Gasteiger partial charge >= 0.3 is 0 Å². The minimum Gasteiger partial charge on any atom is -0.323 e. The van der Waals surface area contributed by atoms with Crippen LogP contribution in [0, 0.1) is 0 Å². The summed E-state index contributed by atoms with van der Waals surface area (Å²) >= 11 is 1.77. The quantitative estimate of drug-likeness (QED) is 0.833. The van der Waals surface area contributed by atoms with Gasteiger partial charge in [0, 0.05) is 25.7 Å². The first-order valence-corrected chi connectivity index (χ1v) is 10.1. The van der Waals surface area contributed by atoms with Crippen molar-refractivity contribution in [2.45, 2.75) is 30.8 Å². The van der Waals surface area contributed by atoms with Crippen LogP contribution in [0.15, 0.2) is 60.7 Å². The van der Waals surface area contributed by atoms with Crippen LogP contribution in [0.25, 0.3) is 0 Å².